The van der Waals surface area contributed by atoms with Crippen LogP contribution in [0.2, 0.25) is 0 Å². The number of para-hydroxylation sites is 1. The van der Waals surface area contributed by atoms with Crippen molar-refractivity contribution >= 4 is 17.3 Å². The van der Waals surface area contributed by atoms with Gasteiger partial charge in [-0.05, 0) is 37.0 Å². The summed E-state index contributed by atoms with van der Waals surface area (Å²) in [5.41, 5.74) is 1.77. The summed E-state index contributed by atoms with van der Waals surface area (Å²) in [6.07, 6.45) is 6.95. The van der Waals surface area contributed by atoms with Crippen molar-refractivity contribution in [3.8, 4) is 5.75 Å². The van der Waals surface area contributed by atoms with Crippen LogP contribution in [0, 0.1) is 5.92 Å². The third kappa shape index (κ3) is 2.83. The van der Waals surface area contributed by atoms with Gasteiger partial charge in [-0.1, -0.05) is 12.1 Å². The van der Waals surface area contributed by atoms with Crippen LogP contribution < -0.4 is 4.74 Å². The second kappa shape index (κ2) is 6.74. The molecule has 1 unspecified atom stereocenters. The van der Waals surface area contributed by atoms with Crippen LogP contribution in [-0.4, -0.2) is 50.4 Å². The van der Waals surface area contributed by atoms with E-state index in [-0.39, 0.29) is 23.7 Å². The van der Waals surface area contributed by atoms with Gasteiger partial charge in [-0.25, -0.2) is 9.50 Å². The van der Waals surface area contributed by atoms with E-state index in [9.17, 15) is 9.59 Å². The van der Waals surface area contributed by atoms with Crippen LogP contribution in [0.1, 0.15) is 40.0 Å². The van der Waals surface area contributed by atoms with Crippen molar-refractivity contribution in [1.82, 2.24) is 19.5 Å². The number of amides is 1. The van der Waals surface area contributed by atoms with Crippen molar-refractivity contribution in [2.75, 3.05) is 13.1 Å². The number of Topliss-reactive ketones (excluding diaryl/α,β-unsaturated/α-hetero) is 1. The highest BCUT2D eigenvalue weighted by Crippen LogP contribution is 2.34. The lowest BCUT2D eigenvalue weighted by Crippen LogP contribution is -2.44. The highest BCUT2D eigenvalue weighted by molar-refractivity contribution is 6.00. The number of aromatic nitrogens is 3. The van der Waals surface area contributed by atoms with Gasteiger partial charge in [0.1, 0.15) is 17.4 Å². The minimum Gasteiger partial charge on any atom is -0.489 e. The summed E-state index contributed by atoms with van der Waals surface area (Å²) in [7, 11) is 0. The minimum absolute atomic E-state index is 0.0434. The van der Waals surface area contributed by atoms with E-state index < -0.39 is 0 Å². The van der Waals surface area contributed by atoms with Crippen LogP contribution in [0.25, 0.3) is 5.65 Å². The summed E-state index contributed by atoms with van der Waals surface area (Å²) in [4.78, 5) is 31.5. The summed E-state index contributed by atoms with van der Waals surface area (Å²) in [5, 5.41) is 4.20. The molecular formula is C21H20N4O3. The molecule has 28 heavy (non-hydrogen) atoms. The molecule has 1 saturated heterocycles. The van der Waals surface area contributed by atoms with Crippen molar-refractivity contribution in [2.45, 2.75) is 25.4 Å². The number of rotatable bonds is 2. The van der Waals surface area contributed by atoms with Gasteiger partial charge in [-0.15, -0.1) is 0 Å². The smallest absolute Gasteiger partial charge is 0.259 e. The first-order valence-corrected chi connectivity index (χ1v) is 9.57. The molecule has 1 atom stereocenters. The first kappa shape index (κ1) is 16.9. The molecule has 0 spiro atoms. The fraction of sp³-hybridized carbons (Fsp3) is 0.333. The van der Waals surface area contributed by atoms with Gasteiger partial charge < -0.3 is 9.64 Å². The molecule has 2 aromatic heterocycles. The van der Waals surface area contributed by atoms with Gasteiger partial charge in [0.25, 0.3) is 5.91 Å². The van der Waals surface area contributed by atoms with Crippen molar-refractivity contribution in [2.24, 2.45) is 5.92 Å². The van der Waals surface area contributed by atoms with Gasteiger partial charge in [0.05, 0.1) is 11.8 Å². The summed E-state index contributed by atoms with van der Waals surface area (Å²) >= 11 is 0. The second-order valence-electron chi connectivity index (χ2n) is 7.36. The highest BCUT2D eigenvalue weighted by Gasteiger charge is 2.35. The van der Waals surface area contributed by atoms with Crippen molar-refractivity contribution in [3.05, 3.63) is 60.0 Å². The number of carbonyl (C=O) groups is 2. The van der Waals surface area contributed by atoms with Crippen LogP contribution >= 0.6 is 0 Å². The van der Waals surface area contributed by atoms with Crippen molar-refractivity contribution < 1.29 is 14.3 Å². The normalized spacial score (nSPS) is 20.1. The van der Waals surface area contributed by atoms with E-state index in [1.165, 1.54) is 0 Å². The average molecular weight is 376 g/mol. The van der Waals surface area contributed by atoms with Crippen LogP contribution in [0.4, 0.5) is 0 Å². The van der Waals surface area contributed by atoms with Gasteiger partial charge in [-0.3, -0.25) is 9.59 Å². The molecule has 142 valence electrons. The molecule has 0 saturated carbocycles. The van der Waals surface area contributed by atoms with Crippen LogP contribution in [0.15, 0.2) is 48.9 Å². The Kier molecular flexibility index (Phi) is 4.07. The summed E-state index contributed by atoms with van der Waals surface area (Å²) in [5.74, 6) is 1.05. The van der Waals surface area contributed by atoms with E-state index in [4.69, 9.17) is 4.74 Å². The van der Waals surface area contributed by atoms with Crippen LogP contribution in [0.3, 0.4) is 0 Å². The van der Waals surface area contributed by atoms with Gasteiger partial charge in [0.15, 0.2) is 11.4 Å². The Bertz CT molecular complexity index is 1050. The molecule has 0 radical (unpaired) electrons. The summed E-state index contributed by atoms with van der Waals surface area (Å²) in [6, 6.07) is 9.21. The number of carbonyl (C=O) groups excluding carboxylic acids is 2. The van der Waals surface area contributed by atoms with Crippen LogP contribution in [-0.2, 0) is 0 Å². The Labute approximate surface area is 161 Å². The van der Waals surface area contributed by atoms with Gasteiger partial charge >= 0.3 is 0 Å². The third-order valence-electron chi connectivity index (χ3n) is 5.71. The molecule has 7 heteroatoms. The molecule has 2 aliphatic heterocycles. The van der Waals surface area contributed by atoms with E-state index >= 15 is 0 Å². The standard InChI is InChI=1S/C21H20N4O3/c26-17-12-19(28-18-5-2-1-4-15(17)18)14-6-10-24(11-7-14)21(27)16-13-23-25-9-3-8-22-20(16)25/h1-5,8-9,13-14,19H,6-7,10-12H2. The Morgan fingerprint density at radius 2 is 1.96 bits per heavy atom. The molecule has 3 aromatic rings. The van der Waals surface area contributed by atoms with Crippen molar-refractivity contribution in [3.63, 3.8) is 0 Å². The summed E-state index contributed by atoms with van der Waals surface area (Å²) in [6.45, 7) is 1.28. The quantitative estimate of drug-likeness (QED) is 0.687. The number of likely N-dealkylation sites (tertiary alicyclic amines) is 1. The van der Waals surface area contributed by atoms with Gasteiger partial charge in [-0.2, -0.15) is 5.10 Å². The SMILES string of the molecule is O=C1CC(C2CCN(C(=O)c3cnn4cccnc34)CC2)Oc2ccccc21. The van der Waals surface area contributed by atoms with Crippen molar-refractivity contribution in [1.29, 1.82) is 0 Å². The Morgan fingerprint density at radius 3 is 2.82 bits per heavy atom. The largest absolute Gasteiger partial charge is 0.489 e. The zero-order valence-electron chi connectivity index (χ0n) is 15.3. The molecule has 5 rings (SSSR count). The maximum atomic E-state index is 12.9. The monoisotopic (exact) mass is 376 g/mol. The minimum atomic E-state index is -0.113. The number of piperidine rings is 1. The lowest BCUT2D eigenvalue weighted by molar-refractivity contribution is 0.0453. The number of ketones is 1. The zero-order valence-corrected chi connectivity index (χ0v) is 15.3. The summed E-state index contributed by atoms with van der Waals surface area (Å²) < 4.78 is 7.73. The molecule has 1 fully saturated rings. The van der Waals surface area contributed by atoms with E-state index in [1.807, 2.05) is 29.2 Å². The number of nitrogens with zero attached hydrogens (tertiary/aromatic N) is 4. The van der Waals surface area contributed by atoms with Gasteiger partial charge in [0, 0.05) is 31.9 Å². The van der Waals surface area contributed by atoms with Gasteiger partial charge in [0.2, 0.25) is 0 Å². The number of fused-ring (bicyclic) bond motifs is 2. The maximum absolute atomic E-state index is 12.9. The van der Waals surface area contributed by atoms with E-state index in [2.05, 4.69) is 10.1 Å². The van der Waals surface area contributed by atoms with Crippen LogP contribution in [0.5, 0.6) is 5.75 Å². The first-order valence-electron chi connectivity index (χ1n) is 9.57. The topological polar surface area (TPSA) is 76.8 Å². The van der Waals surface area contributed by atoms with E-state index in [0.717, 1.165) is 12.8 Å². The number of ether oxygens (including phenoxy) is 1. The van der Waals surface area contributed by atoms with E-state index in [1.54, 1.807) is 29.2 Å². The third-order valence-corrected chi connectivity index (χ3v) is 5.71. The molecule has 1 amide bonds. The van der Waals surface area contributed by atoms with E-state index in [0.29, 0.717) is 42.0 Å². The predicted octanol–water partition coefficient (Wildman–Crippen LogP) is 2.62. The fourth-order valence-electron chi connectivity index (χ4n) is 4.18. The number of hydrogen-bond donors (Lipinski definition) is 0. The molecule has 0 bridgehead atoms. The highest BCUT2D eigenvalue weighted by atomic mass is 16.5. The zero-order chi connectivity index (χ0) is 19.1. The molecule has 0 N–H and O–H groups in total. The fourth-order valence-corrected chi connectivity index (χ4v) is 4.18. The Morgan fingerprint density at radius 1 is 1.14 bits per heavy atom. The Hall–Kier alpha value is -3.22. The lowest BCUT2D eigenvalue weighted by atomic mass is 9.86. The lowest BCUT2D eigenvalue weighted by Gasteiger charge is -2.37. The molecule has 7 nitrogen and oxygen atoms in total. The second-order valence-corrected chi connectivity index (χ2v) is 7.36. The number of hydrogen-bond acceptors (Lipinski definition) is 5. The number of benzene rings is 1. The first-order chi connectivity index (χ1) is 13.7. The molecule has 1 aromatic carbocycles. The average Bonchev–Trinajstić information content (AvgIpc) is 3.17. The Balaban J connectivity index is 1.27. The molecule has 0 aliphatic carbocycles. The molecule has 2 aliphatic rings. The predicted molar refractivity (Wildman–Crippen MR) is 101 cm³/mol. The molecule has 4 heterocycles. The maximum Gasteiger partial charge on any atom is 0.259 e. The molecular weight excluding hydrogens is 356 g/mol.